The van der Waals surface area contributed by atoms with E-state index in [9.17, 15) is 18.0 Å². The third-order valence-electron chi connectivity index (χ3n) is 2.35. The SMILES string of the molecule is O=C1CC(C(F)(F)F)=NN1Cc1ccccc1. The fourth-order valence-corrected chi connectivity index (χ4v) is 1.51. The summed E-state index contributed by atoms with van der Waals surface area (Å²) in [5.41, 5.74) is -0.286. The summed E-state index contributed by atoms with van der Waals surface area (Å²) in [6, 6.07) is 8.76. The van der Waals surface area contributed by atoms with Gasteiger partial charge in [-0.25, -0.2) is 5.01 Å². The van der Waals surface area contributed by atoms with Gasteiger partial charge in [0.15, 0.2) is 5.71 Å². The third-order valence-corrected chi connectivity index (χ3v) is 2.35. The predicted octanol–water partition coefficient (Wildman–Crippen LogP) is 2.34. The highest BCUT2D eigenvalue weighted by atomic mass is 19.4. The fourth-order valence-electron chi connectivity index (χ4n) is 1.51. The number of rotatable bonds is 2. The molecule has 1 aliphatic heterocycles. The Morgan fingerprint density at radius 3 is 2.41 bits per heavy atom. The highest BCUT2D eigenvalue weighted by Crippen LogP contribution is 2.25. The molecule has 1 heterocycles. The molecule has 90 valence electrons. The van der Waals surface area contributed by atoms with E-state index < -0.39 is 24.2 Å². The molecule has 0 saturated heterocycles. The Hall–Kier alpha value is -1.85. The first kappa shape index (κ1) is 11.6. The Morgan fingerprint density at radius 2 is 1.88 bits per heavy atom. The topological polar surface area (TPSA) is 32.7 Å². The van der Waals surface area contributed by atoms with Crippen LogP contribution in [0.15, 0.2) is 35.4 Å². The van der Waals surface area contributed by atoms with Crippen molar-refractivity contribution in [2.24, 2.45) is 5.10 Å². The Morgan fingerprint density at radius 1 is 1.24 bits per heavy atom. The normalized spacial score (nSPS) is 16.3. The van der Waals surface area contributed by atoms with Gasteiger partial charge in [0.1, 0.15) is 0 Å². The summed E-state index contributed by atoms with van der Waals surface area (Å²) in [7, 11) is 0. The molecule has 0 aliphatic carbocycles. The molecule has 0 unspecified atom stereocenters. The summed E-state index contributed by atoms with van der Waals surface area (Å²) in [6.45, 7) is 0.0687. The first-order chi connectivity index (χ1) is 7.97. The molecule has 1 aromatic rings. The first-order valence-electron chi connectivity index (χ1n) is 4.96. The van der Waals surface area contributed by atoms with Gasteiger partial charge in [-0.05, 0) is 5.56 Å². The van der Waals surface area contributed by atoms with Crippen LogP contribution in [0.3, 0.4) is 0 Å². The maximum absolute atomic E-state index is 12.3. The van der Waals surface area contributed by atoms with Crippen LogP contribution in [0, 0.1) is 0 Å². The number of hydrogen-bond donors (Lipinski definition) is 0. The standard InChI is InChI=1S/C11H9F3N2O/c12-11(13,14)9-6-10(17)16(15-9)7-8-4-2-1-3-5-8/h1-5H,6-7H2. The summed E-state index contributed by atoms with van der Waals surface area (Å²) < 4.78 is 37.0. The second-order valence-corrected chi connectivity index (χ2v) is 3.66. The molecule has 0 aromatic heterocycles. The van der Waals surface area contributed by atoms with Gasteiger partial charge in [0.05, 0.1) is 13.0 Å². The van der Waals surface area contributed by atoms with Crippen LogP contribution in [0.1, 0.15) is 12.0 Å². The van der Waals surface area contributed by atoms with Gasteiger partial charge in [-0.2, -0.15) is 18.3 Å². The molecule has 1 amide bonds. The van der Waals surface area contributed by atoms with E-state index in [-0.39, 0.29) is 6.54 Å². The first-order valence-corrected chi connectivity index (χ1v) is 4.96. The van der Waals surface area contributed by atoms with Gasteiger partial charge >= 0.3 is 6.18 Å². The highest BCUT2D eigenvalue weighted by molar-refractivity contribution is 6.07. The van der Waals surface area contributed by atoms with E-state index in [4.69, 9.17) is 0 Å². The van der Waals surface area contributed by atoms with Crippen LogP contribution >= 0.6 is 0 Å². The van der Waals surface area contributed by atoms with Crippen molar-refractivity contribution in [3.8, 4) is 0 Å². The number of benzene rings is 1. The second kappa shape index (κ2) is 4.20. The number of halogens is 3. The fraction of sp³-hybridized carbons (Fsp3) is 0.273. The number of hydrogen-bond acceptors (Lipinski definition) is 2. The lowest BCUT2D eigenvalue weighted by Crippen LogP contribution is -2.22. The van der Waals surface area contributed by atoms with Crippen molar-refractivity contribution in [2.75, 3.05) is 0 Å². The minimum absolute atomic E-state index is 0.0687. The molecule has 2 rings (SSSR count). The van der Waals surface area contributed by atoms with Gasteiger partial charge in [-0.1, -0.05) is 30.3 Å². The smallest absolute Gasteiger partial charge is 0.273 e. The van der Waals surface area contributed by atoms with Crippen molar-refractivity contribution < 1.29 is 18.0 Å². The highest BCUT2D eigenvalue weighted by Gasteiger charge is 2.42. The number of hydrazone groups is 1. The van der Waals surface area contributed by atoms with Crippen LogP contribution < -0.4 is 0 Å². The zero-order valence-electron chi connectivity index (χ0n) is 8.74. The summed E-state index contributed by atoms with van der Waals surface area (Å²) in [5, 5.41) is 4.17. The number of amides is 1. The molecular weight excluding hydrogens is 233 g/mol. The molecule has 0 atom stereocenters. The Kier molecular flexibility index (Phi) is 2.87. The van der Waals surface area contributed by atoms with E-state index in [2.05, 4.69) is 5.10 Å². The van der Waals surface area contributed by atoms with Crippen molar-refractivity contribution in [2.45, 2.75) is 19.1 Å². The molecule has 0 radical (unpaired) electrons. The average molecular weight is 242 g/mol. The molecular formula is C11H9F3N2O. The van der Waals surface area contributed by atoms with Gasteiger partial charge in [0.25, 0.3) is 0 Å². The van der Waals surface area contributed by atoms with Crippen molar-refractivity contribution in [3.63, 3.8) is 0 Å². The molecule has 1 aliphatic rings. The minimum Gasteiger partial charge on any atom is -0.273 e. The van der Waals surface area contributed by atoms with Crippen LogP contribution in [-0.2, 0) is 11.3 Å². The Labute approximate surface area is 95.5 Å². The van der Waals surface area contributed by atoms with Gasteiger partial charge < -0.3 is 0 Å². The van der Waals surface area contributed by atoms with Crippen molar-refractivity contribution in [1.29, 1.82) is 0 Å². The van der Waals surface area contributed by atoms with Gasteiger partial charge in [0.2, 0.25) is 5.91 Å². The maximum atomic E-state index is 12.3. The van der Waals surface area contributed by atoms with Crippen LogP contribution in [0.5, 0.6) is 0 Å². The third kappa shape index (κ3) is 2.64. The van der Waals surface area contributed by atoms with Crippen LogP contribution in [-0.4, -0.2) is 22.8 Å². The lowest BCUT2D eigenvalue weighted by Gasteiger charge is -2.11. The molecule has 0 spiro atoms. The van der Waals surface area contributed by atoms with Crippen LogP contribution in [0.4, 0.5) is 13.2 Å². The number of carbonyl (C=O) groups is 1. The van der Waals surface area contributed by atoms with E-state index in [1.807, 2.05) is 0 Å². The molecule has 0 bridgehead atoms. The van der Waals surface area contributed by atoms with E-state index in [1.54, 1.807) is 30.3 Å². The summed E-state index contributed by atoms with van der Waals surface area (Å²) in [6.07, 6.45) is -5.20. The maximum Gasteiger partial charge on any atom is 0.431 e. The number of carbonyl (C=O) groups excluding carboxylic acids is 1. The summed E-state index contributed by atoms with van der Waals surface area (Å²) in [5.74, 6) is -0.624. The second-order valence-electron chi connectivity index (χ2n) is 3.66. The summed E-state index contributed by atoms with van der Waals surface area (Å²) >= 11 is 0. The predicted molar refractivity (Wildman–Crippen MR) is 55.1 cm³/mol. The monoisotopic (exact) mass is 242 g/mol. The van der Waals surface area contributed by atoms with Crippen molar-refractivity contribution in [3.05, 3.63) is 35.9 Å². The lowest BCUT2D eigenvalue weighted by atomic mass is 10.2. The zero-order valence-corrected chi connectivity index (χ0v) is 8.74. The Bertz CT molecular complexity index is 454. The molecule has 0 saturated carbocycles. The molecule has 1 aromatic carbocycles. The van der Waals surface area contributed by atoms with E-state index in [1.165, 1.54) is 0 Å². The number of nitrogens with zero attached hydrogens (tertiary/aromatic N) is 2. The van der Waals surface area contributed by atoms with Gasteiger partial charge in [0, 0.05) is 0 Å². The van der Waals surface area contributed by atoms with E-state index in [0.717, 1.165) is 10.6 Å². The van der Waals surface area contributed by atoms with Crippen LogP contribution in [0.2, 0.25) is 0 Å². The molecule has 17 heavy (non-hydrogen) atoms. The molecule has 0 N–H and O–H groups in total. The minimum atomic E-state index is -4.53. The van der Waals surface area contributed by atoms with Gasteiger partial charge in [-0.15, -0.1) is 0 Å². The molecule has 6 heteroatoms. The molecule has 3 nitrogen and oxygen atoms in total. The average Bonchev–Trinajstić information content (AvgIpc) is 2.62. The van der Waals surface area contributed by atoms with E-state index in [0.29, 0.717) is 0 Å². The van der Waals surface area contributed by atoms with Gasteiger partial charge in [-0.3, -0.25) is 4.79 Å². The lowest BCUT2D eigenvalue weighted by molar-refractivity contribution is -0.129. The largest absolute Gasteiger partial charge is 0.431 e. The van der Waals surface area contributed by atoms with Crippen molar-refractivity contribution >= 4 is 11.6 Å². The van der Waals surface area contributed by atoms with Crippen molar-refractivity contribution in [1.82, 2.24) is 5.01 Å². The van der Waals surface area contributed by atoms with E-state index >= 15 is 0 Å². The quantitative estimate of drug-likeness (QED) is 0.783. The molecule has 0 fully saturated rings. The van der Waals surface area contributed by atoms with Crippen LogP contribution in [0.25, 0.3) is 0 Å². The zero-order chi connectivity index (χ0) is 12.5. The Balaban J connectivity index is 2.13. The number of alkyl halides is 3. The summed E-state index contributed by atoms with van der Waals surface area (Å²) in [4.78, 5) is 11.3.